The number of hydrogen-bond donors (Lipinski definition) is 1. The van der Waals surface area contributed by atoms with Gasteiger partial charge < -0.3 is 19.6 Å². The number of carboxylic acid groups (broad SMARTS) is 1. The molecule has 1 fully saturated rings. The van der Waals surface area contributed by atoms with Crippen molar-refractivity contribution in [3.05, 3.63) is 47.8 Å². The van der Waals surface area contributed by atoms with E-state index < -0.39 is 5.97 Å². The minimum absolute atomic E-state index is 0.0461. The fraction of sp³-hybridized carbons (Fsp3) is 0.368. The maximum absolute atomic E-state index is 11.7. The Morgan fingerprint density at radius 2 is 1.81 bits per heavy atom. The van der Waals surface area contributed by atoms with Crippen LogP contribution in [0.15, 0.2) is 36.5 Å². The minimum atomic E-state index is -1.03. The lowest BCUT2D eigenvalue weighted by atomic mass is 10.2. The lowest BCUT2D eigenvalue weighted by Gasteiger charge is -2.23. The van der Waals surface area contributed by atoms with Crippen molar-refractivity contribution in [1.29, 1.82) is 0 Å². The van der Waals surface area contributed by atoms with Crippen LogP contribution in [-0.4, -0.2) is 59.8 Å². The van der Waals surface area contributed by atoms with E-state index in [0.29, 0.717) is 24.5 Å². The van der Waals surface area contributed by atoms with Crippen LogP contribution in [0.25, 0.3) is 0 Å². The van der Waals surface area contributed by atoms with Gasteiger partial charge in [0.15, 0.2) is 5.69 Å². The van der Waals surface area contributed by atoms with Gasteiger partial charge in [0.2, 0.25) is 0 Å². The molecule has 2 aromatic heterocycles. The van der Waals surface area contributed by atoms with Crippen LogP contribution < -0.4 is 9.80 Å². The third kappa shape index (κ3) is 4.52. The molecule has 0 atom stereocenters. The van der Waals surface area contributed by atoms with Crippen molar-refractivity contribution in [3.63, 3.8) is 0 Å². The van der Waals surface area contributed by atoms with Crippen molar-refractivity contribution in [2.24, 2.45) is 0 Å². The zero-order valence-corrected chi connectivity index (χ0v) is 15.2. The van der Waals surface area contributed by atoms with Crippen LogP contribution in [0.2, 0.25) is 0 Å². The zero-order chi connectivity index (χ0) is 19.2. The molecule has 3 rings (SSSR count). The number of nitrogens with zero attached hydrogens (tertiary/aromatic N) is 4. The molecule has 1 N–H and O–H groups in total. The number of rotatable bonds is 5. The van der Waals surface area contributed by atoms with Crippen LogP contribution >= 0.6 is 0 Å². The molecular weight excluding hydrogens is 348 g/mol. The average Bonchev–Trinajstić information content (AvgIpc) is 2.95. The highest BCUT2D eigenvalue weighted by atomic mass is 16.5. The molecule has 0 saturated carbocycles. The highest BCUT2D eigenvalue weighted by Gasteiger charge is 2.18. The number of aromatic nitrogens is 2. The number of anilines is 2. The lowest BCUT2D eigenvalue weighted by Crippen LogP contribution is -2.31. The van der Waals surface area contributed by atoms with Crippen molar-refractivity contribution in [2.75, 3.05) is 42.6 Å². The molecule has 8 nitrogen and oxygen atoms in total. The van der Waals surface area contributed by atoms with Gasteiger partial charge in [-0.1, -0.05) is 6.07 Å². The van der Waals surface area contributed by atoms with Gasteiger partial charge in [-0.25, -0.2) is 19.6 Å². The van der Waals surface area contributed by atoms with Crippen LogP contribution in [0.3, 0.4) is 0 Å². The van der Waals surface area contributed by atoms with Crippen LogP contribution in [0, 0.1) is 0 Å². The summed E-state index contributed by atoms with van der Waals surface area (Å²) in [6.45, 7) is 5.14. The first-order valence-corrected chi connectivity index (χ1v) is 8.92. The van der Waals surface area contributed by atoms with Crippen LogP contribution in [-0.2, 0) is 4.74 Å². The number of carbonyl (C=O) groups is 2. The van der Waals surface area contributed by atoms with Gasteiger partial charge in [0, 0.05) is 32.4 Å². The number of carbonyl (C=O) groups excluding carboxylic acids is 1. The smallest absolute Gasteiger partial charge is 0.354 e. The Bertz CT molecular complexity index is 810. The molecule has 0 spiro atoms. The molecule has 0 bridgehead atoms. The van der Waals surface area contributed by atoms with E-state index in [1.165, 1.54) is 12.3 Å². The first-order valence-electron chi connectivity index (χ1n) is 8.92. The summed E-state index contributed by atoms with van der Waals surface area (Å²) in [7, 11) is 0. The van der Waals surface area contributed by atoms with Gasteiger partial charge in [0.1, 0.15) is 11.6 Å². The highest BCUT2D eigenvalue weighted by molar-refractivity contribution is 5.89. The summed E-state index contributed by atoms with van der Waals surface area (Å²) in [6, 6.07) is 8.58. The summed E-state index contributed by atoms with van der Waals surface area (Å²) in [5.41, 5.74) is 0.483. The van der Waals surface area contributed by atoms with E-state index in [1.54, 1.807) is 19.1 Å². The number of pyridine rings is 2. The van der Waals surface area contributed by atoms with E-state index in [9.17, 15) is 9.59 Å². The molecular formula is C19H22N4O4. The topological polar surface area (TPSA) is 95.9 Å². The Balaban J connectivity index is 1.67. The largest absolute Gasteiger partial charge is 0.477 e. The molecule has 1 aliphatic rings. The first-order chi connectivity index (χ1) is 13.1. The molecule has 0 unspecified atom stereocenters. The van der Waals surface area contributed by atoms with Crippen molar-refractivity contribution in [2.45, 2.75) is 13.3 Å². The van der Waals surface area contributed by atoms with Gasteiger partial charge in [-0.2, -0.15) is 0 Å². The number of aromatic carboxylic acids is 1. The van der Waals surface area contributed by atoms with Crippen LogP contribution in [0.5, 0.6) is 0 Å². The van der Waals surface area contributed by atoms with Crippen molar-refractivity contribution in [3.8, 4) is 0 Å². The summed E-state index contributed by atoms with van der Waals surface area (Å²) >= 11 is 0. The Labute approximate surface area is 157 Å². The van der Waals surface area contributed by atoms with Crippen LogP contribution in [0.1, 0.15) is 34.2 Å². The lowest BCUT2D eigenvalue weighted by molar-refractivity contribution is 0.0525. The Hall–Kier alpha value is -3.16. The number of ether oxygens (including phenoxy) is 1. The van der Waals surface area contributed by atoms with E-state index in [4.69, 9.17) is 9.84 Å². The van der Waals surface area contributed by atoms with Crippen LogP contribution in [0.4, 0.5) is 11.6 Å². The summed E-state index contributed by atoms with van der Waals surface area (Å²) in [5, 5.41) is 9.12. The van der Waals surface area contributed by atoms with E-state index in [1.807, 2.05) is 12.1 Å². The summed E-state index contributed by atoms with van der Waals surface area (Å²) < 4.78 is 4.97. The van der Waals surface area contributed by atoms with Gasteiger partial charge >= 0.3 is 11.9 Å². The molecule has 0 amide bonds. The summed E-state index contributed by atoms with van der Waals surface area (Å²) in [5.74, 6) is 0.0710. The Kier molecular flexibility index (Phi) is 5.85. The van der Waals surface area contributed by atoms with E-state index in [0.717, 1.165) is 31.9 Å². The molecule has 142 valence electrons. The average molecular weight is 370 g/mol. The molecule has 3 heterocycles. The predicted octanol–water partition coefficient (Wildman–Crippen LogP) is 2.07. The summed E-state index contributed by atoms with van der Waals surface area (Å²) in [4.78, 5) is 35.7. The van der Waals surface area contributed by atoms with E-state index in [2.05, 4.69) is 19.8 Å². The maximum atomic E-state index is 11.7. The van der Waals surface area contributed by atoms with Gasteiger partial charge in [-0.05, 0) is 37.6 Å². The second kappa shape index (κ2) is 8.48. The minimum Gasteiger partial charge on any atom is -0.477 e. The zero-order valence-electron chi connectivity index (χ0n) is 15.2. The highest BCUT2D eigenvalue weighted by Crippen LogP contribution is 2.18. The second-order valence-electron chi connectivity index (χ2n) is 6.14. The number of carboxylic acids is 1. The second-order valence-corrected chi connectivity index (χ2v) is 6.14. The molecule has 0 radical (unpaired) electrons. The first kappa shape index (κ1) is 18.6. The third-order valence-electron chi connectivity index (χ3n) is 4.36. The SMILES string of the molecule is CCOC(=O)c1ccc(N2CCCN(c3cccc(C(=O)O)n3)CC2)nc1. The van der Waals surface area contributed by atoms with Gasteiger partial charge in [-0.3, -0.25) is 0 Å². The maximum Gasteiger partial charge on any atom is 0.354 e. The standard InChI is InChI=1S/C19H22N4O4/c1-2-27-19(26)14-7-8-16(20-13-14)22-9-4-10-23(12-11-22)17-6-3-5-15(21-17)18(24)25/h3,5-8,13H,2,4,9-12H2,1H3,(H,24,25). The fourth-order valence-corrected chi connectivity index (χ4v) is 3.00. The third-order valence-corrected chi connectivity index (χ3v) is 4.36. The van der Waals surface area contributed by atoms with Crippen molar-refractivity contribution >= 4 is 23.6 Å². The predicted molar refractivity (Wildman–Crippen MR) is 100 cm³/mol. The monoisotopic (exact) mass is 370 g/mol. The van der Waals surface area contributed by atoms with E-state index >= 15 is 0 Å². The quantitative estimate of drug-likeness (QED) is 0.799. The van der Waals surface area contributed by atoms with Gasteiger partial charge in [0.05, 0.1) is 12.2 Å². The molecule has 2 aromatic rings. The fourth-order valence-electron chi connectivity index (χ4n) is 3.00. The molecule has 8 heteroatoms. The van der Waals surface area contributed by atoms with Crippen molar-refractivity contribution in [1.82, 2.24) is 9.97 Å². The van der Waals surface area contributed by atoms with Gasteiger partial charge in [-0.15, -0.1) is 0 Å². The molecule has 27 heavy (non-hydrogen) atoms. The summed E-state index contributed by atoms with van der Waals surface area (Å²) in [6.07, 6.45) is 2.42. The van der Waals surface area contributed by atoms with Crippen molar-refractivity contribution < 1.29 is 19.4 Å². The molecule has 0 aromatic carbocycles. The number of esters is 1. The Morgan fingerprint density at radius 1 is 1.07 bits per heavy atom. The Morgan fingerprint density at radius 3 is 2.44 bits per heavy atom. The normalized spacial score (nSPS) is 14.6. The van der Waals surface area contributed by atoms with Gasteiger partial charge in [0.25, 0.3) is 0 Å². The number of hydrogen-bond acceptors (Lipinski definition) is 7. The molecule has 1 aliphatic heterocycles. The van der Waals surface area contributed by atoms with E-state index in [-0.39, 0.29) is 11.7 Å². The molecule has 1 saturated heterocycles. The molecule has 0 aliphatic carbocycles.